The summed E-state index contributed by atoms with van der Waals surface area (Å²) in [7, 11) is 1.42. The number of halogens is 3. The minimum absolute atomic E-state index is 0.201. The monoisotopic (exact) mass is 328 g/mol. The molecule has 0 fully saturated rings. The van der Waals surface area contributed by atoms with E-state index in [0.29, 0.717) is 22.0 Å². The predicted octanol–water partition coefficient (Wildman–Crippen LogP) is 3.89. The standard InChI is InChI=1S/C15H15Cl2FN2O/c1-21-14-6-5-9(7-12(14)18)8-13(20-19)15-10(16)3-2-4-11(15)17/h2-7,13,20H,8,19H2,1H3. The lowest BCUT2D eigenvalue weighted by atomic mass is 9.99. The molecule has 0 spiro atoms. The van der Waals surface area contributed by atoms with Crippen molar-refractivity contribution in [1.29, 1.82) is 0 Å². The van der Waals surface area contributed by atoms with Crippen molar-refractivity contribution >= 4 is 23.2 Å². The van der Waals surface area contributed by atoms with Crippen molar-refractivity contribution in [3.63, 3.8) is 0 Å². The van der Waals surface area contributed by atoms with Gasteiger partial charge in [0.15, 0.2) is 11.6 Å². The van der Waals surface area contributed by atoms with Gasteiger partial charge in [0.05, 0.1) is 13.2 Å². The summed E-state index contributed by atoms with van der Waals surface area (Å²) in [6, 6.07) is 9.68. The van der Waals surface area contributed by atoms with Crippen LogP contribution in [0.4, 0.5) is 4.39 Å². The fourth-order valence-electron chi connectivity index (χ4n) is 2.16. The van der Waals surface area contributed by atoms with E-state index in [9.17, 15) is 4.39 Å². The van der Waals surface area contributed by atoms with Crippen LogP contribution in [0.15, 0.2) is 36.4 Å². The fraction of sp³-hybridized carbons (Fsp3) is 0.200. The Morgan fingerprint density at radius 1 is 1.24 bits per heavy atom. The third-order valence-electron chi connectivity index (χ3n) is 3.21. The Hall–Kier alpha value is -1.33. The van der Waals surface area contributed by atoms with E-state index < -0.39 is 5.82 Å². The second-order valence-corrected chi connectivity index (χ2v) is 5.34. The molecule has 0 bridgehead atoms. The quantitative estimate of drug-likeness (QED) is 0.646. The van der Waals surface area contributed by atoms with Gasteiger partial charge in [-0.3, -0.25) is 11.3 Å². The molecule has 112 valence electrons. The third kappa shape index (κ3) is 3.66. The zero-order chi connectivity index (χ0) is 15.4. The number of nitrogens with two attached hydrogens (primary N) is 1. The van der Waals surface area contributed by atoms with Gasteiger partial charge in [0.2, 0.25) is 0 Å². The predicted molar refractivity (Wildman–Crippen MR) is 83.2 cm³/mol. The number of ether oxygens (including phenoxy) is 1. The topological polar surface area (TPSA) is 47.3 Å². The molecule has 0 aliphatic carbocycles. The van der Waals surface area contributed by atoms with Gasteiger partial charge in [-0.1, -0.05) is 35.3 Å². The smallest absolute Gasteiger partial charge is 0.165 e. The van der Waals surface area contributed by atoms with Crippen molar-refractivity contribution in [3.05, 3.63) is 63.4 Å². The number of hydrogen-bond acceptors (Lipinski definition) is 3. The molecule has 0 aliphatic heterocycles. The lowest BCUT2D eigenvalue weighted by Gasteiger charge is -2.19. The molecule has 21 heavy (non-hydrogen) atoms. The summed E-state index contributed by atoms with van der Waals surface area (Å²) >= 11 is 12.3. The molecule has 1 unspecified atom stereocenters. The Labute approximate surface area is 132 Å². The van der Waals surface area contributed by atoms with Gasteiger partial charge in [-0.15, -0.1) is 0 Å². The van der Waals surface area contributed by atoms with Crippen molar-refractivity contribution in [2.75, 3.05) is 7.11 Å². The van der Waals surface area contributed by atoms with Crippen molar-refractivity contribution < 1.29 is 9.13 Å². The number of hydrogen-bond donors (Lipinski definition) is 2. The SMILES string of the molecule is COc1ccc(CC(NN)c2c(Cl)cccc2Cl)cc1F. The van der Waals surface area contributed by atoms with Gasteiger partial charge in [0, 0.05) is 15.6 Å². The zero-order valence-electron chi connectivity index (χ0n) is 11.4. The summed E-state index contributed by atoms with van der Waals surface area (Å²) in [5.41, 5.74) is 4.12. The summed E-state index contributed by atoms with van der Waals surface area (Å²) in [6.45, 7) is 0. The molecule has 0 aliphatic rings. The molecule has 3 nitrogen and oxygen atoms in total. The van der Waals surface area contributed by atoms with Gasteiger partial charge in [-0.2, -0.15) is 0 Å². The van der Waals surface area contributed by atoms with Crippen LogP contribution in [-0.2, 0) is 6.42 Å². The van der Waals surface area contributed by atoms with E-state index in [2.05, 4.69) is 5.43 Å². The highest BCUT2D eigenvalue weighted by atomic mass is 35.5. The first-order chi connectivity index (χ1) is 10.1. The first kappa shape index (κ1) is 16.0. The molecule has 2 aromatic rings. The van der Waals surface area contributed by atoms with E-state index >= 15 is 0 Å². The summed E-state index contributed by atoms with van der Waals surface area (Å²) in [5, 5.41) is 1.03. The van der Waals surface area contributed by atoms with Crippen molar-refractivity contribution in [2.24, 2.45) is 5.84 Å². The first-order valence-electron chi connectivity index (χ1n) is 6.29. The lowest BCUT2D eigenvalue weighted by Crippen LogP contribution is -2.30. The van der Waals surface area contributed by atoms with Gasteiger partial charge >= 0.3 is 0 Å². The highest BCUT2D eigenvalue weighted by Crippen LogP contribution is 2.32. The molecule has 2 aromatic carbocycles. The van der Waals surface area contributed by atoms with E-state index in [4.69, 9.17) is 33.8 Å². The molecule has 0 heterocycles. The Balaban J connectivity index is 2.29. The van der Waals surface area contributed by atoms with E-state index in [1.165, 1.54) is 13.2 Å². The third-order valence-corrected chi connectivity index (χ3v) is 3.86. The van der Waals surface area contributed by atoms with Gasteiger partial charge in [0.25, 0.3) is 0 Å². The van der Waals surface area contributed by atoms with E-state index in [1.54, 1.807) is 30.3 Å². The lowest BCUT2D eigenvalue weighted by molar-refractivity contribution is 0.386. The van der Waals surface area contributed by atoms with Gasteiger partial charge in [0.1, 0.15) is 0 Å². The second-order valence-electron chi connectivity index (χ2n) is 4.53. The highest BCUT2D eigenvalue weighted by Gasteiger charge is 2.18. The summed E-state index contributed by atoms with van der Waals surface area (Å²) in [6.07, 6.45) is 0.445. The van der Waals surface area contributed by atoms with Crippen LogP contribution in [0.2, 0.25) is 10.0 Å². The number of nitrogens with one attached hydrogen (secondary N) is 1. The van der Waals surface area contributed by atoms with E-state index in [1.807, 2.05) is 0 Å². The molecule has 0 aromatic heterocycles. The fourth-order valence-corrected chi connectivity index (χ4v) is 2.82. The van der Waals surface area contributed by atoms with Crippen molar-refractivity contribution in [3.8, 4) is 5.75 Å². The minimum Gasteiger partial charge on any atom is -0.494 e. The van der Waals surface area contributed by atoms with E-state index in [0.717, 1.165) is 5.56 Å². The maximum Gasteiger partial charge on any atom is 0.165 e. The van der Waals surface area contributed by atoms with Crippen LogP contribution >= 0.6 is 23.2 Å². The molecular formula is C15H15Cl2FN2O. The number of benzene rings is 2. The molecule has 1 atom stereocenters. The van der Waals surface area contributed by atoms with E-state index in [-0.39, 0.29) is 11.8 Å². The maximum atomic E-state index is 13.7. The number of hydrazine groups is 1. The summed E-state index contributed by atoms with van der Waals surface area (Å²) < 4.78 is 18.6. The molecule has 0 saturated heterocycles. The average molecular weight is 329 g/mol. The Bertz CT molecular complexity index is 617. The minimum atomic E-state index is -0.420. The number of rotatable bonds is 5. The second kappa shape index (κ2) is 7.09. The zero-order valence-corrected chi connectivity index (χ0v) is 12.9. The molecule has 3 N–H and O–H groups in total. The van der Waals surface area contributed by atoms with Crippen LogP contribution in [0, 0.1) is 5.82 Å². The van der Waals surface area contributed by atoms with Crippen LogP contribution in [-0.4, -0.2) is 7.11 Å². The van der Waals surface area contributed by atoms with Crippen LogP contribution < -0.4 is 16.0 Å². The largest absolute Gasteiger partial charge is 0.494 e. The molecule has 0 saturated carbocycles. The van der Waals surface area contributed by atoms with Crippen molar-refractivity contribution in [2.45, 2.75) is 12.5 Å². The average Bonchev–Trinajstić information content (AvgIpc) is 2.46. The van der Waals surface area contributed by atoms with Gasteiger partial charge in [-0.05, 0) is 36.2 Å². The molecular weight excluding hydrogens is 314 g/mol. The molecule has 0 radical (unpaired) electrons. The Morgan fingerprint density at radius 3 is 2.43 bits per heavy atom. The van der Waals surface area contributed by atoms with Crippen LogP contribution in [0.1, 0.15) is 17.2 Å². The Morgan fingerprint density at radius 2 is 1.90 bits per heavy atom. The normalized spacial score (nSPS) is 12.2. The summed E-state index contributed by atoms with van der Waals surface area (Å²) in [4.78, 5) is 0. The van der Waals surface area contributed by atoms with Crippen LogP contribution in [0.3, 0.4) is 0 Å². The van der Waals surface area contributed by atoms with Crippen LogP contribution in [0.5, 0.6) is 5.75 Å². The first-order valence-corrected chi connectivity index (χ1v) is 7.05. The summed E-state index contributed by atoms with van der Waals surface area (Å²) in [5.74, 6) is 5.38. The molecule has 6 heteroatoms. The van der Waals surface area contributed by atoms with Crippen molar-refractivity contribution in [1.82, 2.24) is 5.43 Å². The van der Waals surface area contributed by atoms with Gasteiger partial charge in [-0.25, -0.2) is 4.39 Å². The number of methoxy groups -OCH3 is 1. The Kier molecular flexibility index (Phi) is 5.42. The van der Waals surface area contributed by atoms with Crippen LogP contribution in [0.25, 0.3) is 0 Å². The molecule has 0 amide bonds. The molecule has 2 rings (SSSR count). The van der Waals surface area contributed by atoms with Gasteiger partial charge < -0.3 is 4.74 Å². The highest BCUT2D eigenvalue weighted by molar-refractivity contribution is 6.36. The maximum absolute atomic E-state index is 13.7.